The predicted octanol–water partition coefficient (Wildman–Crippen LogP) is 0.282. The third-order valence-electron chi connectivity index (χ3n) is 1.53. The van der Waals surface area contributed by atoms with Crippen molar-refractivity contribution in [2.75, 3.05) is 14.1 Å². The van der Waals surface area contributed by atoms with E-state index in [0.29, 0.717) is 0 Å². The van der Waals surface area contributed by atoms with Crippen molar-refractivity contribution in [2.45, 2.75) is 0 Å². The normalized spacial score (nSPS) is 13.5. The maximum Gasteiger partial charge on any atom is 0.0870 e. The Morgan fingerprint density at radius 2 is 1.75 bits per heavy atom. The largest absolute Gasteiger partial charge is 0.515 e. The molecule has 0 unspecified atom stereocenters. The fourth-order valence-corrected chi connectivity index (χ4v) is 1.02. The Kier molecular flexibility index (Phi) is 2.75. The first-order valence-corrected chi connectivity index (χ1v) is 3.82. The van der Waals surface area contributed by atoms with Crippen molar-refractivity contribution in [3.63, 3.8) is 0 Å². The fourth-order valence-electron chi connectivity index (χ4n) is 1.02. The summed E-state index contributed by atoms with van der Waals surface area (Å²) in [6.07, 6.45) is 3.08. The van der Waals surface area contributed by atoms with Crippen molar-refractivity contribution in [2.24, 2.45) is 0 Å². The van der Waals surface area contributed by atoms with Crippen molar-refractivity contribution >= 4 is 12.5 Å². The Bertz CT molecular complexity index is 354. The molecule has 2 heteroatoms. The molecule has 0 aliphatic heterocycles. The minimum Gasteiger partial charge on any atom is -0.515 e. The van der Waals surface area contributed by atoms with Crippen LogP contribution < -0.4 is 10.4 Å². The summed E-state index contributed by atoms with van der Waals surface area (Å²) in [4.78, 5) is 1.95. The fraction of sp³-hybridized carbons (Fsp3) is 0.200. The van der Waals surface area contributed by atoms with E-state index in [-0.39, 0.29) is 0 Å². The van der Waals surface area contributed by atoms with Crippen LogP contribution in [0.15, 0.2) is 24.3 Å². The van der Waals surface area contributed by atoms with Gasteiger partial charge in [-0.3, -0.25) is 0 Å². The van der Waals surface area contributed by atoms with E-state index in [0.717, 1.165) is 16.7 Å². The van der Waals surface area contributed by atoms with E-state index >= 15 is 0 Å². The van der Waals surface area contributed by atoms with Crippen LogP contribution in [0.1, 0.15) is 0 Å². The second kappa shape index (κ2) is 3.81. The van der Waals surface area contributed by atoms with Crippen LogP contribution in [0.2, 0.25) is 0 Å². The molecule has 0 fully saturated rings. The third kappa shape index (κ3) is 2.02. The highest BCUT2D eigenvalue weighted by atomic mass is 16.2. The number of aliphatic hydroxyl groups excluding tert-OH is 1. The number of rotatable bonds is 1. The average Bonchev–Trinajstić information content (AvgIpc) is 2.04. The SMILES string of the molecule is CN(C)/C=c1/cccc/c1=C/O. The van der Waals surface area contributed by atoms with Gasteiger partial charge in [0.2, 0.25) is 0 Å². The van der Waals surface area contributed by atoms with Crippen LogP contribution in [0.4, 0.5) is 0 Å². The van der Waals surface area contributed by atoms with E-state index in [4.69, 9.17) is 5.11 Å². The maximum atomic E-state index is 8.87. The molecule has 0 amide bonds. The molecule has 1 N–H and O–H groups in total. The molecule has 0 saturated heterocycles. The van der Waals surface area contributed by atoms with Crippen molar-refractivity contribution < 1.29 is 5.11 Å². The maximum absolute atomic E-state index is 8.87. The molecule has 0 aliphatic carbocycles. The lowest BCUT2D eigenvalue weighted by molar-refractivity contribution is 0.539. The number of nitrogens with zero attached hydrogens (tertiary/aromatic N) is 1. The highest BCUT2D eigenvalue weighted by Gasteiger charge is 1.83. The molecule has 0 aliphatic rings. The van der Waals surface area contributed by atoms with E-state index < -0.39 is 0 Å². The van der Waals surface area contributed by atoms with Gasteiger partial charge >= 0.3 is 0 Å². The Labute approximate surface area is 72.1 Å². The topological polar surface area (TPSA) is 23.5 Å². The Hall–Kier alpha value is -1.44. The third-order valence-corrected chi connectivity index (χ3v) is 1.53. The van der Waals surface area contributed by atoms with Gasteiger partial charge in [-0.2, -0.15) is 0 Å². The molecule has 12 heavy (non-hydrogen) atoms. The lowest BCUT2D eigenvalue weighted by Crippen LogP contribution is -2.26. The summed E-state index contributed by atoms with van der Waals surface area (Å²) in [6.45, 7) is 0. The van der Waals surface area contributed by atoms with Gasteiger partial charge in [-0.25, -0.2) is 0 Å². The summed E-state index contributed by atoms with van der Waals surface area (Å²) in [5, 5.41) is 10.7. The zero-order chi connectivity index (χ0) is 8.97. The van der Waals surface area contributed by atoms with Gasteiger partial charge < -0.3 is 10.0 Å². The lowest BCUT2D eigenvalue weighted by Gasteiger charge is -2.02. The summed E-state index contributed by atoms with van der Waals surface area (Å²) in [6, 6.07) is 7.68. The first kappa shape index (κ1) is 8.65. The zero-order valence-corrected chi connectivity index (χ0v) is 7.36. The van der Waals surface area contributed by atoms with Gasteiger partial charge in [0.1, 0.15) is 0 Å². The van der Waals surface area contributed by atoms with Gasteiger partial charge in [0.15, 0.2) is 0 Å². The summed E-state index contributed by atoms with van der Waals surface area (Å²) < 4.78 is 0. The molecule has 0 radical (unpaired) electrons. The van der Waals surface area contributed by atoms with E-state index in [1.807, 2.05) is 49.5 Å². The molecule has 0 spiro atoms. The summed E-state index contributed by atoms with van der Waals surface area (Å²) in [5.74, 6) is 0. The van der Waals surface area contributed by atoms with E-state index in [9.17, 15) is 0 Å². The van der Waals surface area contributed by atoms with Crippen LogP contribution in [0.3, 0.4) is 0 Å². The minimum atomic E-state index is 0.839. The summed E-state index contributed by atoms with van der Waals surface area (Å²) in [7, 11) is 3.91. The minimum absolute atomic E-state index is 0.839. The molecule has 1 aromatic rings. The van der Waals surface area contributed by atoms with Crippen molar-refractivity contribution in [1.29, 1.82) is 0 Å². The van der Waals surface area contributed by atoms with Crippen LogP contribution in [0.5, 0.6) is 0 Å². The molecule has 0 heterocycles. The van der Waals surface area contributed by atoms with Crippen LogP contribution in [0.25, 0.3) is 12.5 Å². The van der Waals surface area contributed by atoms with Crippen LogP contribution in [-0.2, 0) is 0 Å². The molecule has 1 aromatic carbocycles. The molecule has 0 saturated carbocycles. The summed E-state index contributed by atoms with van der Waals surface area (Å²) >= 11 is 0. The van der Waals surface area contributed by atoms with Gasteiger partial charge in [-0.15, -0.1) is 0 Å². The van der Waals surface area contributed by atoms with Crippen molar-refractivity contribution in [3.8, 4) is 0 Å². The zero-order valence-electron chi connectivity index (χ0n) is 7.36. The molecule has 2 nitrogen and oxygen atoms in total. The van der Waals surface area contributed by atoms with Gasteiger partial charge in [0.25, 0.3) is 0 Å². The quantitative estimate of drug-likeness (QED) is 0.643. The number of benzene rings is 1. The monoisotopic (exact) mass is 163 g/mol. The Balaban J connectivity index is 3.34. The number of hydrogen-bond acceptors (Lipinski definition) is 2. The average molecular weight is 163 g/mol. The molecule has 64 valence electrons. The molecular weight excluding hydrogens is 150 g/mol. The molecular formula is C10H13NO. The van der Waals surface area contributed by atoms with Gasteiger partial charge in [0.05, 0.1) is 6.26 Å². The lowest BCUT2D eigenvalue weighted by atomic mass is 10.2. The van der Waals surface area contributed by atoms with E-state index in [1.165, 1.54) is 0 Å². The number of hydrogen-bond donors (Lipinski definition) is 1. The van der Waals surface area contributed by atoms with Crippen LogP contribution >= 0.6 is 0 Å². The second-order valence-electron chi connectivity index (χ2n) is 2.85. The predicted molar refractivity (Wildman–Crippen MR) is 50.9 cm³/mol. The smallest absolute Gasteiger partial charge is 0.0870 e. The van der Waals surface area contributed by atoms with E-state index in [1.54, 1.807) is 0 Å². The van der Waals surface area contributed by atoms with Gasteiger partial charge in [-0.1, -0.05) is 24.3 Å². The summed E-state index contributed by atoms with van der Waals surface area (Å²) in [5.41, 5.74) is 0. The van der Waals surface area contributed by atoms with Crippen molar-refractivity contribution in [1.82, 2.24) is 4.90 Å². The molecule has 0 atom stereocenters. The Morgan fingerprint density at radius 1 is 1.17 bits per heavy atom. The Morgan fingerprint density at radius 3 is 2.25 bits per heavy atom. The molecule has 0 aromatic heterocycles. The van der Waals surface area contributed by atoms with Gasteiger partial charge in [-0.05, 0) is 0 Å². The molecule has 1 rings (SSSR count). The van der Waals surface area contributed by atoms with Gasteiger partial charge in [0, 0.05) is 30.7 Å². The standard InChI is InChI=1S/C10H13NO/c1-11(2)7-9-5-3-4-6-10(9)8-12/h3-8,12H,1-2H3/b9-7-,10-8-. The first-order valence-electron chi connectivity index (χ1n) is 3.82. The first-order chi connectivity index (χ1) is 5.74. The van der Waals surface area contributed by atoms with E-state index in [2.05, 4.69) is 0 Å². The molecule has 0 bridgehead atoms. The highest BCUT2D eigenvalue weighted by Crippen LogP contribution is 1.74. The van der Waals surface area contributed by atoms with Crippen molar-refractivity contribution in [3.05, 3.63) is 34.7 Å². The van der Waals surface area contributed by atoms with Crippen LogP contribution in [-0.4, -0.2) is 24.1 Å². The highest BCUT2D eigenvalue weighted by molar-refractivity contribution is 5.26. The van der Waals surface area contributed by atoms with Crippen LogP contribution in [0, 0.1) is 0 Å². The number of aliphatic hydroxyl groups is 1. The second-order valence-corrected chi connectivity index (χ2v) is 2.85.